The quantitative estimate of drug-likeness (QED) is 0.179. The van der Waals surface area contributed by atoms with Crippen molar-refractivity contribution in [3.05, 3.63) is 0 Å². The summed E-state index contributed by atoms with van der Waals surface area (Å²) in [6.45, 7) is 20.9. The summed E-state index contributed by atoms with van der Waals surface area (Å²) in [5.41, 5.74) is 0. The maximum Gasteiger partial charge on any atom is 0.501 e. The molecule has 0 atom stereocenters. The smallest absolute Gasteiger partial charge is 0.501 e. The highest BCUT2D eigenvalue weighted by atomic mass is 35.5. The van der Waals surface area contributed by atoms with Crippen molar-refractivity contribution >= 4 is 8.80 Å². The molecule has 0 saturated heterocycles. The third-order valence-corrected chi connectivity index (χ3v) is 8.55. The summed E-state index contributed by atoms with van der Waals surface area (Å²) in [6.07, 6.45) is 12.1. The van der Waals surface area contributed by atoms with Gasteiger partial charge in [0, 0.05) is 32.3 Å². The molecule has 184 valence electrons. The van der Waals surface area contributed by atoms with Gasteiger partial charge in [0.05, 0.1) is 26.2 Å². The van der Waals surface area contributed by atoms with E-state index in [0.29, 0.717) is 0 Å². The topological polar surface area (TPSA) is 27.7 Å². The lowest BCUT2D eigenvalue weighted by atomic mass is 10.1. The molecule has 0 fully saturated rings. The first-order valence-electron chi connectivity index (χ1n) is 12.8. The maximum absolute atomic E-state index is 6.33. The fourth-order valence-electron chi connectivity index (χ4n) is 3.90. The molecule has 0 aromatic carbocycles. The molecule has 0 radical (unpaired) electrons. The van der Waals surface area contributed by atoms with Gasteiger partial charge in [-0.3, -0.25) is 0 Å². The van der Waals surface area contributed by atoms with E-state index < -0.39 is 8.80 Å². The molecule has 0 bridgehead atoms. The van der Waals surface area contributed by atoms with Crippen LogP contribution >= 0.6 is 0 Å². The minimum atomic E-state index is -2.56. The molecule has 0 aliphatic carbocycles. The molecule has 6 heteroatoms. The van der Waals surface area contributed by atoms with Crippen LogP contribution in [0.3, 0.4) is 0 Å². The molecule has 0 spiro atoms. The Morgan fingerprint density at radius 3 is 1.13 bits per heavy atom. The Hall–Kier alpha value is 0.347. The first-order valence-corrected chi connectivity index (χ1v) is 14.8. The lowest BCUT2D eigenvalue weighted by molar-refractivity contribution is -0.928. The number of hydrogen-bond acceptors (Lipinski definition) is 3. The predicted molar refractivity (Wildman–Crippen MR) is 128 cm³/mol. The first-order chi connectivity index (χ1) is 14.1. The second-order valence-electron chi connectivity index (χ2n) is 8.63. The van der Waals surface area contributed by atoms with E-state index in [1.54, 1.807) is 0 Å². The van der Waals surface area contributed by atoms with E-state index in [0.717, 1.165) is 51.5 Å². The molecule has 0 rings (SSSR count). The van der Waals surface area contributed by atoms with Gasteiger partial charge in [-0.05, 0) is 38.5 Å². The van der Waals surface area contributed by atoms with Crippen LogP contribution in [0.1, 0.15) is 106 Å². The van der Waals surface area contributed by atoms with Crippen molar-refractivity contribution in [3.63, 3.8) is 0 Å². The Morgan fingerprint density at radius 1 is 0.500 bits per heavy atom. The molecule has 30 heavy (non-hydrogen) atoms. The highest BCUT2D eigenvalue weighted by Crippen LogP contribution is 2.23. The van der Waals surface area contributed by atoms with E-state index in [9.17, 15) is 0 Å². The lowest BCUT2D eigenvalue weighted by Crippen LogP contribution is -3.00. The van der Waals surface area contributed by atoms with Crippen LogP contribution in [0.5, 0.6) is 0 Å². The van der Waals surface area contributed by atoms with E-state index >= 15 is 0 Å². The van der Waals surface area contributed by atoms with Gasteiger partial charge in [0.15, 0.2) is 0 Å². The van der Waals surface area contributed by atoms with E-state index in [1.165, 1.54) is 69.2 Å². The molecular formula is C24H54ClNO3Si. The van der Waals surface area contributed by atoms with Gasteiger partial charge in [-0.2, -0.15) is 0 Å². The van der Waals surface area contributed by atoms with E-state index in [1.807, 2.05) is 0 Å². The molecule has 0 aliphatic rings. The van der Waals surface area contributed by atoms with Gasteiger partial charge in [-0.25, -0.2) is 0 Å². The van der Waals surface area contributed by atoms with E-state index in [-0.39, 0.29) is 12.4 Å². The maximum atomic E-state index is 6.33. The Kier molecular flexibility index (Phi) is 23.0. The summed E-state index contributed by atoms with van der Waals surface area (Å²) in [5, 5.41) is 0. The lowest BCUT2D eigenvalue weighted by Gasteiger charge is -2.40. The molecule has 0 saturated carbocycles. The normalized spacial score (nSPS) is 12.2. The number of unbranched alkanes of at least 4 members (excludes halogenated alkanes) is 3. The summed E-state index contributed by atoms with van der Waals surface area (Å²) in [5.74, 6) is 0. The number of nitrogens with zero attached hydrogens (tertiary/aromatic N) is 1. The zero-order valence-electron chi connectivity index (χ0n) is 21.3. The van der Waals surface area contributed by atoms with Gasteiger partial charge in [-0.15, -0.1) is 0 Å². The van der Waals surface area contributed by atoms with Crippen molar-refractivity contribution in [1.29, 1.82) is 0 Å². The minimum absolute atomic E-state index is 0. The number of halogens is 1. The van der Waals surface area contributed by atoms with Gasteiger partial charge >= 0.3 is 8.80 Å². The van der Waals surface area contributed by atoms with E-state index in [2.05, 4.69) is 41.5 Å². The average molecular weight is 468 g/mol. The van der Waals surface area contributed by atoms with Crippen molar-refractivity contribution in [2.75, 3.05) is 46.0 Å². The van der Waals surface area contributed by atoms with Crippen molar-refractivity contribution in [3.8, 4) is 0 Å². The average Bonchev–Trinajstić information content (AvgIpc) is 2.75. The molecule has 0 unspecified atom stereocenters. The molecule has 0 amide bonds. The standard InChI is InChI=1S/C24H54NO3Si.ClH/c1-7-13-17-25(18-14-8-2,19-15-9-3)20-16-24-29(26-21-10-4,27-22-11-5)28-23-12-6;/h7-24H2,1-6H3;1H/q+1;/p-1. The molecule has 0 N–H and O–H groups in total. The summed E-state index contributed by atoms with van der Waals surface area (Å²) in [7, 11) is -2.56. The van der Waals surface area contributed by atoms with Crippen molar-refractivity contribution in [2.24, 2.45) is 0 Å². The van der Waals surface area contributed by atoms with Crippen LogP contribution in [0.15, 0.2) is 0 Å². The third kappa shape index (κ3) is 14.4. The first kappa shape index (κ1) is 32.5. The summed E-state index contributed by atoms with van der Waals surface area (Å²) < 4.78 is 20.3. The Bertz CT molecular complexity index is 286. The van der Waals surface area contributed by atoms with Gasteiger partial charge in [0.1, 0.15) is 0 Å². The fraction of sp³-hybridized carbons (Fsp3) is 1.00. The van der Waals surface area contributed by atoms with Crippen molar-refractivity contribution in [2.45, 2.75) is 112 Å². The Labute approximate surface area is 196 Å². The summed E-state index contributed by atoms with van der Waals surface area (Å²) >= 11 is 0. The predicted octanol–water partition coefficient (Wildman–Crippen LogP) is 3.82. The fourth-order valence-corrected chi connectivity index (χ4v) is 6.72. The van der Waals surface area contributed by atoms with Crippen LogP contribution in [-0.2, 0) is 13.3 Å². The minimum Gasteiger partial charge on any atom is -1.00 e. The molecule has 0 heterocycles. The van der Waals surface area contributed by atoms with Crippen LogP contribution < -0.4 is 12.4 Å². The zero-order valence-corrected chi connectivity index (χ0v) is 23.0. The SMILES string of the molecule is CCCC[N+](CCCC)(CCCC)CCC[Si](OCCC)(OCCC)OCCC.[Cl-]. The van der Waals surface area contributed by atoms with Crippen molar-refractivity contribution in [1.82, 2.24) is 0 Å². The van der Waals surface area contributed by atoms with Crippen LogP contribution in [-0.4, -0.2) is 59.3 Å². The van der Waals surface area contributed by atoms with Crippen molar-refractivity contribution < 1.29 is 30.2 Å². The van der Waals surface area contributed by atoms with Crippen LogP contribution in [0.4, 0.5) is 0 Å². The van der Waals surface area contributed by atoms with Gasteiger partial charge in [-0.1, -0.05) is 60.8 Å². The Morgan fingerprint density at radius 2 is 0.833 bits per heavy atom. The number of quaternary nitrogens is 1. The Balaban J connectivity index is 0. The second-order valence-corrected chi connectivity index (χ2v) is 11.4. The second kappa shape index (κ2) is 21.2. The number of rotatable bonds is 22. The number of hydrogen-bond donors (Lipinski definition) is 0. The summed E-state index contributed by atoms with van der Waals surface area (Å²) in [6, 6.07) is 0.970. The molecule has 4 nitrogen and oxygen atoms in total. The largest absolute Gasteiger partial charge is 1.00 e. The molecule has 0 aromatic heterocycles. The van der Waals surface area contributed by atoms with Crippen LogP contribution in [0.2, 0.25) is 6.04 Å². The highest BCUT2D eigenvalue weighted by Gasteiger charge is 2.41. The summed E-state index contributed by atoms with van der Waals surface area (Å²) in [4.78, 5) is 0. The van der Waals surface area contributed by atoms with Crippen LogP contribution in [0.25, 0.3) is 0 Å². The van der Waals surface area contributed by atoms with Crippen LogP contribution in [0, 0.1) is 0 Å². The monoisotopic (exact) mass is 467 g/mol. The highest BCUT2D eigenvalue weighted by molar-refractivity contribution is 6.60. The van der Waals surface area contributed by atoms with E-state index in [4.69, 9.17) is 13.3 Å². The molecular weight excluding hydrogens is 414 g/mol. The van der Waals surface area contributed by atoms with Gasteiger partial charge < -0.3 is 30.2 Å². The van der Waals surface area contributed by atoms with Gasteiger partial charge in [0.2, 0.25) is 0 Å². The van der Waals surface area contributed by atoms with Gasteiger partial charge in [0.25, 0.3) is 0 Å². The molecule has 0 aromatic rings. The molecule has 0 aliphatic heterocycles. The third-order valence-electron chi connectivity index (χ3n) is 5.65. The zero-order chi connectivity index (χ0) is 21.8.